The largest absolute Gasteiger partial charge is 0.497 e. The molecule has 4 rings (SSSR count). The van der Waals surface area contributed by atoms with Gasteiger partial charge in [-0.1, -0.05) is 44.2 Å². The number of hydrogen-bond acceptors (Lipinski definition) is 9. The summed E-state index contributed by atoms with van der Waals surface area (Å²) in [4.78, 5) is 13.1. The number of aliphatic hydroxyl groups is 1. The minimum Gasteiger partial charge on any atom is -0.497 e. The van der Waals surface area contributed by atoms with Crippen LogP contribution in [0.4, 0.5) is 4.79 Å². The lowest BCUT2D eigenvalue weighted by Gasteiger charge is -2.35. The van der Waals surface area contributed by atoms with Gasteiger partial charge in [0.15, 0.2) is 6.29 Å². The van der Waals surface area contributed by atoms with Gasteiger partial charge in [0, 0.05) is 19.5 Å². The number of hydrogen-bond donors (Lipinski definition) is 2. The maximum absolute atomic E-state index is 13.9. The zero-order chi connectivity index (χ0) is 31.0. The number of nitrogens with one attached hydrogen (secondary N) is 1. The molecular weight excluding hydrogens is 574 g/mol. The Balaban J connectivity index is 1.56. The molecule has 5 atom stereocenters. The average Bonchev–Trinajstić information content (AvgIpc) is 3.61. The number of carbonyl (C=O) groups excluding carboxylic acids is 1. The summed E-state index contributed by atoms with van der Waals surface area (Å²) in [5.41, 5.74) is 0.276. The highest BCUT2D eigenvalue weighted by molar-refractivity contribution is 7.89. The van der Waals surface area contributed by atoms with E-state index in [0.29, 0.717) is 18.8 Å². The molecule has 3 unspecified atom stereocenters. The Labute approximate surface area is 253 Å². The molecule has 0 aliphatic carbocycles. The molecule has 2 aliphatic heterocycles. The minimum absolute atomic E-state index is 0.0399. The van der Waals surface area contributed by atoms with E-state index in [9.17, 15) is 18.3 Å². The Morgan fingerprint density at radius 1 is 1.19 bits per heavy atom. The third-order valence-electron chi connectivity index (χ3n) is 7.92. The van der Waals surface area contributed by atoms with Crippen LogP contribution in [-0.2, 0) is 30.7 Å². The second-order valence-electron chi connectivity index (χ2n) is 11.8. The highest BCUT2D eigenvalue weighted by Gasteiger charge is 2.44. The summed E-state index contributed by atoms with van der Waals surface area (Å²) in [7, 11) is -2.59. The predicted octanol–water partition coefficient (Wildman–Crippen LogP) is 3.48. The SMILES string of the molecule is COc1ccc(S(=O)(=O)N(C[C@@H](O)[C@H](Cc2ccccc2)NC(=O)OC2COC3OCCC23)CC(C)(C)CCC#N)cc1. The summed E-state index contributed by atoms with van der Waals surface area (Å²) in [5, 5.41) is 23.5. The number of carbonyl (C=O) groups is 1. The molecule has 0 saturated carbocycles. The minimum atomic E-state index is -4.08. The van der Waals surface area contributed by atoms with Crippen LogP contribution in [-0.4, -0.2) is 81.9 Å². The van der Waals surface area contributed by atoms with E-state index in [1.54, 1.807) is 12.1 Å². The molecular formula is C31H41N3O8S. The molecule has 2 N–H and O–H groups in total. The van der Waals surface area contributed by atoms with Crippen LogP contribution in [0.3, 0.4) is 0 Å². The number of nitrogens with zero attached hydrogens (tertiary/aromatic N) is 2. The van der Waals surface area contributed by atoms with Crippen LogP contribution >= 0.6 is 0 Å². The van der Waals surface area contributed by atoms with E-state index >= 15 is 0 Å². The van der Waals surface area contributed by atoms with Crippen molar-refractivity contribution in [1.29, 1.82) is 5.26 Å². The molecule has 2 saturated heterocycles. The van der Waals surface area contributed by atoms with Crippen molar-refractivity contribution in [2.45, 2.75) is 69.0 Å². The number of alkyl carbamates (subject to hydrolysis) is 1. The van der Waals surface area contributed by atoms with Crippen LogP contribution in [0.25, 0.3) is 0 Å². The van der Waals surface area contributed by atoms with Crippen molar-refractivity contribution < 1.29 is 37.3 Å². The van der Waals surface area contributed by atoms with Crippen molar-refractivity contribution in [2.75, 3.05) is 33.4 Å². The van der Waals surface area contributed by atoms with Gasteiger partial charge in [0.25, 0.3) is 0 Å². The predicted molar refractivity (Wildman–Crippen MR) is 158 cm³/mol. The number of fused-ring (bicyclic) bond motifs is 1. The molecule has 2 aromatic rings. The third kappa shape index (κ3) is 8.68. The van der Waals surface area contributed by atoms with E-state index in [1.807, 2.05) is 44.2 Å². The van der Waals surface area contributed by atoms with E-state index in [4.69, 9.17) is 24.2 Å². The molecule has 234 valence electrons. The number of sulfonamides is 1. The van der Waals surface area contributed by atoms with Gasteiger partial charge in [0.05, 0.1) is 49.4 Å². The van der Waals surface area contributed by atoms with E-state index in [2.05, 4.69) is 11.4 Å². The van der Waals surface area contributed by atoms with E-state index in [-0.39, 0.29) is 49.6 Å². The third-order valence-corrected chi connectivity index (χ3v) is 9.74. The first-order chi connectivity index (χ1) is 20.5. The highest BCUT2D eigenvalue weighted by Crippen LogP contribution is 2.33. The first-order valence-electron chi connectivity index (χ1n) is 14.5. The maximum atomic E-state index is 13.9. The van der Waals surface area contributed by atoms with Gasteiger partial charge in [-0.15, -0.1) is 0 Å². The lowest BCUT2D eigenvalue weighted by Crippen LogP contribution is -2.52. The van der Waals surface area contributed by atoms with Crippen LogP contribution in [0, 0.1) is 22.7 Å². The van der Waals surface area contributed by atoms with Crippen molar-refractivity contribution >= 4 is 16.1 Å². The second kappa shape index (κ2) is 14.5. The molecule has 2 fully saturated rings. The van der Waals surface area contributed by atoms with E-state index in [1.165, 1.54) is 23.5 Å². The van der Waals surface area contributed by atoms with E-state index < -0.39 is 39.8 Å². The fourth-order valence-electron chi connectivity index (χ4n) is 5.45. The number of benzene rings is 2. The van der Waals surface area contributed by atoms with Gasteiger partial charge in [0.1, 0.15) is 11.9 Å². The van der Waals surface area contributed by atoms with Gasteiger partial charge in [0.2, 0.25) is 10.0 Å². The first-order valence-corrected chi connectivity index (χ1v) is 15.9. The highest BCUT2D eigenvalue weighted by atomic mass is 32.2. The van der Waals surface area contributed by atoms with Gasteiger partial charge in [-0.2, -0.15) is 9.57 Å². The van der Waals surface area contributed by atoms with Gasteiger partial charge in [-0.3, -0.25) is 0 Å². The molecule has 0 aromatic heterocycles. The Morgan fingerprint density at radius 2 is 1.91 bits per heavy atom. The molecule has 1 amide bonds. The van der Waals surface area contributed by atoms with Crippen LogP contribution < -0.4 is 10.1 Å². The molecule has 2 aromatic carbocycles. The van der Waals surface area contributed by atoms with Crippen LogP contribution in [0.15, 0.2) is 59.5 Å². The summed E-state index contributed by atoms with van der Waals surface area (Å²) in [6.45, 7) is 4.27. The number of amides is 1. The molecule has 11 nitrogen and oxygen atoms in total. The summed E-state index contributed by atoms with van der Waals surface area (Å²) < 4.78 is 51.1. The summed E-state index contributed by atoms with van der Waals surface area (Å²) in [6.07, 6.45) is -1.20. The van der Waals surface area contributed by atoms with Crippen LogP contribution in [0.2, 0.25) is 0 Å². The fourth-order valence-corrected chi connectivity index (χ4v) is 7.10. The second-order valence-corrected chi connectivity index (χ2v) is 13.7. The van der Waals surface area contributed by atoms with Gasteiger partial charge in [-0.05, 0) is 54.5 Å². The van der Waals surface area contributed by atoms with Crippen molar-refractivity contribution in [2.24, 2.45) is 11.3 Å². The quantitative estimate of drug-likeness (QED) is 0.326. The fraction of sp³-hybridized carbons (Fsp3) is 0.548. The first kappa shape index (κ1) is 32.7. The molecule has 12 heteroatoms. The molecule has 2 heterocycles. The van der Waals surface area contributed by atoms with Crippen molar-refractivity contribution in [3.8, 4) is 11.8 Å². The van der Waals surface area contributed by atoms with Crippen molar-refractivity contribution in [3.05, 3.63) is 60.2 Å². The number of ether oxygens (including phenoxy) is 4. The Morgan fingerprint density at radius 3 is 2.58 bits per heavy atom. The molecule has 0 radical (unpaired) electrons. The van der Waals surface area contributed by atoms with Gasteiger partial charge in [-0.25, -0.2) is 13.2 Å². The molecule has 43 heavy (non-hydrogen) atoms. The Bertz CT molecular complexity index is 1350. The van der Waals surface area contributed by atoms with Crippen molar-refractivity contribution in [3.63, 3.8) is 0 Å². The smallest absolute Gasteiger partial charge is 0.407 e. The summed E-state index contributed by atoms with van der Waals surface area (Å²) >= 11 is 0. The van der Waals surface area contributed by atoms with Gasteiger partial charge >= 0.3 is 6.09 Å². The summed E-state index contributed by atoms with van der Waals surface area (Å²) in [5.74, 6) is 0.456. The number of rotatable bonds is 14. The van der Waals surface area contributed by atoms with Crippen LogP contribution in [0.5, 0.6) is 5.75 Å². The molecule has 2 aliphatic rings. The average molecular weight is 616 g/mol. The molecule has 0 bridgehead atoms. The van der Waals surface area contributed by atoms with Crippen LogP contribution in [0.1, 0.15) is 38.7 Å². The number of aliphatic hydroxyl groups excluding tert-OH is 1. The maximum Gasteiger partial charge on any atom is 0.407 e. The summed E-state index contributed by atoms with van der Waals surface area (Å²) in [6, 6.07) is 16.6. The Hall–Kier alpha value is -3.21. The van der Waals surface area contributed by atoms with Crippen molar-refractivity contribution in [1.82, 2.24) is 9.62 Å². The lowest BCUT2D eigenvalue weighted by atomic mass is 9.88. The monoisotopic (exact) mass is 615 g/mol. The zero-order valence-corrected chi connectivity index (χ0v) is 25.7. The molecule has 0 spiro atoms. The lowest BCUT2D eigenvalue weighted by molar-refractivity contribution is -0.0907. The number of nitriles is 1. The van der Waals surface area contributed by atoms with Gasteiger partial charge < -0.3 is 29.4 Å². The Kier molecular flexibility index (Phi) is 11.0. The number of methoxy groups -OCH3 is 1. The normalized spacial score (nSPS) is 21.5. The standard InChI is InChI=1S/C31H41N3O8S/c1-31(2,15-7-16-32)21-34(43(37,38)24-12-10-23(39-3)11-13-24)19-27(35)26(18-22-8-5-4-6-9-22)33-30(36)42-28-20-41-29-25(28)14-17-40-29/h4-6,8-13,25-29,35H,7,14-15,17-21H2,1-3H3,(H,33,36)/t25?,26-,27+,28?,29?/m0/s1. The van der Waals surface area contributed by atoms with E-state index in [0.717, 1.165) is 12.0 Å². The topological polar surface area (TPSA) is 147 Å². The zero-order valence-electron chi connectivity index (χ0n) is 24.8.